The Bertz CT molecular complexity index is 3180. The number of hydrogen-bond acceptors (Lipinski definition) is 3. The number of rotatable bonds is 6. The fraction of sp³-hybridized carbons (Fsp3) is 0. The largest absolute Gasteiger partial charge is 0.316 e. The summed E-state index contributed by atoms with van der Waals surface area (Å²) in [6, 6.07) is 68.2. The van der Waals surface area contributed by atoms with E-state index < -0.39 is 0 Å². The Labute approximate surface area is 323 Å². The molecule has 11 aromatic rings. The summed E-state index contributed by atoms with van der Waals surface area (Å²) >= 11 is 0. The van der Waals surface area contributed by atoms with Gasteiger partial charge >= 0.3 is 0 Å². The molecule has 0 aliphatic rings. The number of hydrogen-bond donors (Lipinski definition) is 0. The van der Waals surface area contributed by atoms with Crippen molar-refractivity contribution in [3.63, 3.8) is 0 Å². The molecule has 0 unspecified atom stereocenters. The standard InChI is InChI=1S/C51H33N5/c1-4-14-35(15-5-1)49-52-50(36-16-6-2-7-17-36)54-51(53-49)39-20-12-18-37(32-39)38-19-13-23-41(33-38)56-45-25-11-10-24-44(45)47-42-27-26-34-30-31-55(40-21-8-3-9-22-40)48(34)43(42)28-29-46(47)56/h1-33H. The molecule has 0 aliphatic carbocycles. The highest BCUT2D eigenvalue weighted by atomic mass is 15.0. The van der Waals surface area contributed by atoms with Crippen LogP contribution in [0.5, 0.6) is 0 Å². The predicted molar refractivity (Wildman–Crippen MR) is 230 cm³/mol. The van der Waals surface area contributed by atoms with Gasteiger partial charge in [-0.15, -0.1) is 0 Å². The Kier molecular flexibility index (Phi) is 7.42. The summed E-state index contributed by atoms with van der Waals surface area (Å²) in [5.74, 6) is 1.93. The lowest BCUT2D eigenvalue weighted by Crippen LogP contribution is -2.00. The molecule has 0 saturated heterocycles. The maximum Gasteiger partial charge on any atom is 0.164 e. The summed E-state index contributed by atoms with van der Waals surface area (Å²) in [4.78, 5) is 14.9. The molecule has 56 heavy (non-hydrogen) atoms. The molecule has 5 heteroatoms. The quantitative estimate of drug-likeness (QED) is 0.172. The Hall–Kier alpha value is -7.63. The van der Waals surface area contributed by atoms with Crippen LogP contribution in [-0.4, -0.2) is 24.1 Å². The average Bonchev–Trinajstić information content (AvgIpc) is 3.87. The van der Waals surface area contributed by atoms with Crippen molar-refractivity contribution in [3.05, 3.63) is 200 Å². The minimum absolute atomic E-state index is 0.637. The van der Waals surface area contributed by atoms with Crippen LogP contribution in [0.25, 0.3) is 100 Å². The highest BCUT2D eigenvalue weighted by Crippen LogP contribution is 2.40. The van der Waals surface area contributed by atoms with Crippen LogP contribution in [0.15, 0.2) is 200 Å². The van der Waals surface area contributed by atoms with Crippen LogP contribution < -0.4 is 0 Å². The van der Waals surface area contributed by atoms with Gasteiger partial charge in [-0.05, 0) is 65.0 Å². The second kappa shape index (κ2) is 13.0. The number of para-hydroxylation sites is 2. The van der Waals surface area contributed by atoms with Crippen LogP contribution >= 0.6 is 0 Å². The van der Waals surface area contributed by atoms with E-state index in [2.05, 4.69) is 149 Å². The van der Waals surface area contributed by atoms with Crippen LogP contribution in [0.4, 0.5) is 0 Å². The van der Waals surface area contributed by atoms with E-state index in [4.69, 9.17) is 15.0 Å². The van der Waals surface area contributed by atoms with E-state index in [1.165, 1.54) is 43.5 Å². The van der Waals surface area contributed by atoms with Gasteiger partial charge in [0.25, 0.3) is 0 Å². The molecule has 0 amide bonds. The molecule has 0 saturated carbocycles. The number of aromatic nitrogens is 5. The normalized spacial score (nSPS) is 11.6. The van der Waals surface area contributed by atoms with E-state index in [0.29, 0.717) is 17.5 Å². The van der Waals surface area contributed by atoms with E-state index in [-0.39, 0.29) is 0 Å². The molecule has 0 spiro atoms. The first-order valence-electron chi connectivity index (χ1n) is 18.9. The van der Waals surface area contributed by atoms with Gasteiger partial charge in [-0.1, -0.05) is 146 Å². The van der Waals surface area contributed by atoms with Crippen LogP contribution in [0.1, 0.15) is 0 Å². The van der Waals surface area contributed by atoms with E-state index in [9.17, 15) is 0 Å². The number of fused-ring (bicyclic) bond motifs is 7. The molecule has 8 aromatic carbocycles. The lowest BCUT2D eigenvalue weighted by Gasteiger charge is -2.12. The Morgan fingerprint density at radius 1 is 0.339 bits per heavy atom. The summed E-state index contributed by atoms with van der Waals surface area (Å²) < 4.78 is 4.71. The zero-order valence-corrected chi connectivity index (χ0v) is 30.3. The minimum Gasteiger partial charge on any atom is -0.316 e. The van der Waals surface area contributed by atoms with Gasteiger partial charge < -0.3 is 9.13 Å². The SMILES string of the molecule is c1ccc(-c2nc(-c3ccccc3)nc(-c3cccc(-c4cccc(-n5c6ccccc6c6c7ccc8ccn(-c9ccccc9)c8c7ccc65)c4)c3)n2)cc1. The molecule has 262 valence electrons. The molecule has 0 radical (unpaired) electrons. The van der Waals surface area contributed by atoms with Crippen molar-refractivity contribution in [1.29, 1.82) is 0 Å². The second-order valence-corrected chi connectivity index (χ2v) is 14.1. The Morgan fingerprint density at radius 2 is 0.893 bits per heavy atom. The van der Waals surface area contributed by atoms with Gasteiger partial charge in [0.2, 0.25) is 0 Å². The van der Waals surface area contributed by atoms with Crippen molar-refractivity contribution in [1.82, 2.24) is 24.1 Å². The molecule has 0 atom stereocenters. The van der Waals surface area contributed by atoms with Crippen molar-refractivity contribution in [3.8, 4) is 56.7 Å². The molecule has 3 heterocycles. The maximum absolute atomic E-state index is 5.00. The highest BCUT2D eigenvalue weighted by molar-refractivity contribution is 6.25. The fourth-order valence-electron chi connectivity index (χ4n) is 8.19. The van der Waals surface area contributed by atoms with Crippen molar-refractivity contribution < 1.29 is 0 Å². The van der Waals surface area contributed by atoms with Gasteiger partial charge in [-0.2, -0.15) is 0 Å². The first kappa shape index (κ1) is 31.9. The summed E-state index contributed by atoms with van der Waals surface area (Å²) in [5, 5.41) is 6.19. The first-order chi connectivity index (χ1) is 27.8. The molecular formula is C51H33N5. The Morgan fingerprint density at radius 3 is 1.62 bits per heavy atom. The second-order valence-electron chi connectivity index (χ2n) is 14.1. The van der Waals surface area contributed by atoms with Crippen LogP contribution in [0.3, 0.4) is 0 Å². The van der Waals surface area contributed by atoms with E-state index in [0.717, 1.165) is 39.2 Å². The third-order valence-corrected chi connectivity index (χ3v) is 10.8. The van der Waals surface area contributed by atoms with E-state index in [1.807, 2.05) is 60.7 Å². The van der Waals surface area contributed by atoms with Crippen LogP contribution in [0, 0.1) is 0 Å². The van der Waals surface area contributed by atoms with Gasteiger partial charge in [0, 0.05) is 55.8 Å². The molecular weight excluding hydrogens is 683 g/mol. The van der Waals surface area contributed by atoms with Gasteiger partial charge in [-0.3, -0.25) is 0 Å². The summed E-state index contributed by atoms with van der Waals surface area (Å²) in [6.45, 7) is 0. The Balaban J connectivity index is 1.05. The van der Waals surface area contributed by atoms with Crippen molar-refractivity contribution in [2.45, 2.75) is 0 Å². The van der Waals surface area contributed by atoms with Crippen molar-refractivity contribution in [2.75, 3.05) is 0 Å². The summed E-state index contributed by atoms with van der Waals surface area (Å²) in [5.41, 5.74) is 10.9. The zero-order valence-electron chi connectivity index (χ0n) is 30.3. The molecule has 0 aliphatic heterocycles. The smallest absolute Gasteiger partial charge is 0.164 e. The molecule has 0 N–H and O–H groups in total. The van der Waals surface area contributed by atoms with Gasteiger partial charge in [0.05, 0.1) is 16.6 Å². The molecule has 0 fully saturated rings. The third-order valence-electron chi connectivity index (χ3n) is 10.8. The molecule has 5 nitrogen and oxygen atoms in total. The van der Waals surface area contributed by atoms with E-state index in [1.54, 1.807) is 0 Å². The fourth-order valence-corrected chi connectivity index (χ4v) is 8.19. The monoisotopic (exact) mass is 715 g/mol. The first-order valence-corrected chi connectivity index (χ1v) is 18.9. The van der Waals surface area contributed by atoms with Gasteiger partial charge in [-0.25, -0.2) is 15.0 Å². The minimum atomic E-state index is 0.637. The third kappa shape index (κ3) is 5.29. The van der Waals surface area contributed by atoms with E-state index >= 15 is 0 Å². The molecule has 11 rings (SSSR count). The van der Waals surface area contributed by atoms with Crippen LogP contribution in [-0.2, 0) is 0 Å². The zero-order chi connectivity index (χ0) is 37.0. The predicted octanol–water partition coefficient (Wildman–Crippen LogP) is 12.7. The van der Waals surface area contributed by atoms with Crippen LogP contribution in [0.2, 0.25) is 0 Å². The molecule has 3 aromatic heterocycles. The summed E-state index contributed by atoms with van der Waals surface area (Å²) in [6.07, 6.45) is 2.18. The maximum atomic E-state index is 5.00. The lowest BCUT2D eigenvalue weighted by molar-refractivity contribution is 1.07. The number of benzene rings is 8. The number of nitrogens with zero attached hydrogens (tertiary/aromatic N) is 5. The van der Waals surface area contributed by atoms with Crippen molar-refractivity contribution >= 4 is 43.5 Å². The van der Waals surface area contributed by atoms with Crippen molar-refractivity contribution in [2.24, 2.45) is 0 Å². The van der Waals surface area contributed by atoms with Gasteiger partial charge in [0.1, 0.15) is 0 Å². The highest BCUT2D eigenvalue weighted by Gasteiger charge is 2.18. The summed E-state index contributed by atoms with van der Waals surface area (Å²) in [7, 11) is 0. The van der Waals surface area contributed by atoms with Gasteiger partial charge in [0.15, 0.2) is 17.5 Å². The average molecular weight is 716 g/mol. The molecule has 0 bridgehead atoms. The topological polar surface area (TPSA) is 48.5 Å². The lowest BCUT2D eigenvalue weighted by atomic mass is 10.0.